The number of aryl methyl sites for hydroxylation is 2. The molecule has 9 atom stereocenters. The summed E-state index contributed by atoms with van der Waals surface area (Å²) in [4.78, 5) is 102. The summed E-state index contributed by atoms with van der Waals surface area (Å²) in [6.45, 7) is 13.5. The number of rotatable bonds is 15. The van der Waals surface area contributed by atoms with Gasteiger partial charge in [-0.25, -0.2) is 0 Å². The maximum absolute atomic E-state index is 14.8. The lowest BCUT2D eigenvalue weighted by Gasteiger charge is -2.36. The molecule has 0 radical (unpaired) electrons. The second-order valence-electron chi connectivity index (χ2n) is 23.8. The molecule has 7 N–H and O–H groups in total. The van der Waals surface area contributed by atoms with Crippen LogP contribution in [0.2, 0.25) is 19.1 Å². The second kappa shape index (κ2) is 24.9. The molecule has 79 heavy (non-hydrogen) atoms. The van der Waals surface area contributed by atoms with Crippen molar-refractivity contribution in [1.29, 1.82) is 0 Å². The van der Waals surface area contributed by atoms with Crippen LogP contribution in [0.25, 0.3) is 0 Å². The van der Waals surface area contributed by atoms with Gasteiger partial charge in [-0.15, -0.1) is 0 Å². The Kier molecular flexibility index (Phi) is 18.3. The first-order chi connectivity index (χ1) is 37.6. The Labute approximate surface area is 466 Å². The molecule has 16 nitrogen and oxygen atoms in total. The van der Waals surface area contributed by atoms with E-state index in [1.54, 1.807) is 81.4 Å². The molecule has 4 aromatic rings. The number of amides is 7. The standard InChI is InChI=1S/C62H79N9O7Si/c1-38(63-6)55(72)68-53(60(77)71-37-79(8,9)36-52(71)59(76)67-50-23-15-19-43-17-11-13-21-48(43)50)44-30-26-40(27-31-44)24-25-41-28-32-45(33-29-41)57(74)65-46-34-51(58(75)66-49-22-14-18-42-16-10-12-20-47(42)49)70(35-46)61(78)54(62(3,4)5)69-56(73)39(2)64-7/h10-13,16-17,20-21,26-33,38-39,46,49-54,63-64H,14-15,18-19,22-23,34-37H2,1-9H3,(H,65,74)(H,66,75)(H,67,76)(H,68,72)(H,69,73). The number of carbonyl (C=O) groups excluding carboxylic acids is 7. The van der Waals surface area contributed by atoms with Crippen molar-refractivity contribution in [3.63, 3.8) is 0 Å². The summed E-state index contributed by atoms with van der Waals surface area (Å²) in [6, 6.07) is 25.3. The largest absolute Gasteiger partial charge is 0.348 e. The molecular formula is C62H79N9O7Si. The first-order valence-electron chi connectivity index (χ1n) is 28.0. The molecule has 2 saturated heterocycles. The highest BCUT2D eigenvalue weighted by molar-refractivity contribution is 6.79. The molecule has 4 aliphatic rings. The van der Waals surface area contributed by atoms with Crippen LogP contribution in [0.5, 0.6) is 0 Å². The van der Waals surface area contributed by atoms with Gasteiger partial charge in [-0.2, -0.15) is 0 Å². The van der Waals surface area contributed by atoms with Crippen LogP contribution in [0.1, 0.15) is 134 Å². The van der Waals surface area contributed by atoms with Crippen molar-refractivity contribution in [2.24, 2.45) is 5.41 Å². The van der Waals surface area contributed by atoms with Gasteiger partial charge < -0.3 is 47.0 Å². The van der Waals surface area contributed by atoms with Crippen molar-refractivity contribution in [2.45, 2.75) is 153 Å². The van der Waals surface area contributed by atoms with Crippen LogP contribution in [0.3, 0.4) is 0 Å². The number of nitrogens with zero attached hydrogens (tertiary/aromatic N) is 2. The number of likely N-dealkylation sites (tertiary alicyclic amines) is 1. The lowest BCUT2D eigenvalue weighted by atomic mass is 9.85. The summed E-state index contributed by atoms with van der Waals surface area (Å²) < 4.78 is 0. The van der Waals surface area contributed by atoms with Crippen molar-refractivity contribution >= 4 is 49.4 Å². The fourth-order valence-corrected chi connectivity index (χ4v) is 14.3. The number of likely N-dealkylation sites (N-methyl/N-ethyl adjacent to an activating group) is 2. The van der Waals surface area contributed by atoms with E-state index in [2.05, 4.69) is 80.4 Å². The van der Waals surface area contributed by atoms with E-state index in [0.717, 1.165) is 49.7 Å². The van der Waals surface area contributed by atoms with Crippen LogP contribution < -0.4 is 37.2 Å². The Morgan fingerprint density at radius 1 is 0.620 bits per heavy atom. The Morgan fingerprint density at radius 3 is 1.66 bits per heavy atom. The number of fused-ring (bicyclic) bond motifs is 2. The molecule has 0 bridgehead atoms. The van der Waals surface area contributed by atoms with Gasteiger partial charge in [0.05, 0.1) is 32.2 Å². The molecule has 2 aliphatic carbocycles. The molecule has 2 aliphatic heterocycles. The van der Waals surface area contributed by atoms with Crippen molar-refractivity contribution in [3.05, 3.63) is 142 Å². The third-order valence-corrected chi connectivity index (χ3v) is 18.9. The number of carbonyl (C=O) groups is 7. The fraction of sp³-hybridized carbons (Fsp3) is 0.468. The van der Waals surface area contributed by atoms with Gasteiger partial charge in [0.2, 0.25) is 35.4 Å². The summed E-state index contributed by atoms with van der Waals surface area (Å²) in [5.74, 6) is 4.07. The second-order valence-corrected chi connectivity index (χ2v) is 28.8. The van der Waals surface area contributed by atoms with Gasteiger partial charge >= 0.3 is 0 Å². The Bertz CT molecular complexity index is 2980. The van der Waals surface area contributed by atoms with Crippen LogP contribution in [0.15, 0.2) is 97.1 Å². The summed E-state index contributed by atoms with van der Waals surface area (Å²) in [7, 11) is 1.33. The van der Waals surface area contributed by atoms with E-state index in [9.17, 15) is 33.6 Å². The molecule has 7 amide bonds. The van der Waals surface area contributed by atoms with Crippen LogP contribution in [-0.4, -0.2) is 122 Å². The Balaban J connectivity index is 0.951. The van der Waals surface area contributed by atoms with Gasteiger partial charge in [-0.3, -0.25) is 33.6 Å². The summed E-state index contributed by atoms with van der Waals surface area (Å²) in [5, 5.41) is 21.4. The number of benzene rings is 4. The van der Waals surface area contributed by atoms with Gasteiger partial charge in [0, 0.05) is 35.4 Å². The molecule has 8 rings (SSSR count). The zero-order valence-electron chi connectivity index (χ0n) is 47.3. The molecule has 17 heteroatoms. The van der Waals surface area contributed by atoms with E-state index in [1.165, 1.54) is 16.0 Å². The van der Waals surface area contributed by atoms with Gasteiger partial charge in [0.25, 0.3) is 5.91 Å². The summed E-state index contributed by atoms with van der Waals surface area (Å²) >= 11 is 0. The number of hydrogen-bond acceptors (Lipinski definition) is 9. The number of nitrogens with one attached hydrogen (secondary N) is 7. The quantitative estimate of drug-likeness (QED) is 0.0589. The van der Waals surface area contributed by atoms with Crippen molar-refractivity contribution in [3.8, 4) is 11.8 Å². The third kappa shape index (κ3) is 13.8. The molecule has 418 valence electrons. The fourth-order valence-electron chi connectivity index (χ4n) is 11.5. The highest BCUT2D eigenvalue weighted by Crippen LogP contribution is 2.35. The van der Waals surface area contributed by atoms with Crippen LogP contribution in [0.4, 0.5) is 0 Å². The van der Waals surface area contributed by atoms with Crippen LogP contribution >= 0.6 is 0 Å². The molecule has 2 heterocycles. The minimum absolute atomic E-state index is 0.0680. The Hall–Kier alpha value is -7.13. The topological polar surface area (TPSA) is 210 Å². The van der Waals surface area contributed by atoms with Gasteiger partial charge in [-0.05, 0) is 149 Å². The first-order valence-corrected chi connectivity index (χ1v) is 31.4. The zero-order chi connectivity index (χ0) is 56.8. The third-order valence-electron chi connectivity index (χ3n) is 16.2. The Morgan fingerprint density at radius 2 is 1.13 bits per heavy atom. The zero-order valence-corrected chi connectivity index (χ0v) is 48.3. The summed E-state index contributed by atoms with van der Waals surface area (Å²) in [5.41, 5.74) is 6.14. The van der Waals surface area contributed by atoms with E-state index in [-0.39, 0.29) is 60.5 Å². The summed E-state index contributed by atoms with van der Waals surface area (Å²) in [6.07, 6.45) is 6.03. The van der Waals surface area contributed by atoms with E-state index >= 15 is 0 Å². The lowest BCUT2D eigenvalue weighted by molar-refractivity contribution is -0.144. The SMILES string of the molecule is CNC(C)C(=O)NC(C(=O)N1C[Si](C)(C)CC1C(=O)NC1CCCc2ccccc21)c1ccc(C#Cc2ccc(C(=O)NC3CC(C(=O)NC4CCCc5ccccc54)N(C(=O)C(NC(=O)C(C)NC)C(C)(C)C)C3)cc2)cc1. The average Bonchev–Trinajstić information content (AvgIpc) is 4.06. The molecule has 0 saturated carbocycles. The maximum atomic E-state index is 14.8. The molecular weight excluding hydrogens is 1010 g/mol. The number of hydrogen-bond donors (Lipinski definition) is 7. The minimum Gasteiger partial charge on any atom is -0.348 e. The van der Waals surface area contributed by atoms with Gasteiger partial charge in [0.15, 0.2) is 0 Å². The maximum Gasteiger partial charge on any atom is 0.251 e. The first kappa shape index (κ1) is 58.0. The van der Waals surface area contributed by atoms with E-state index < -0.39 is 61.7 Å². The molecule has 0 aromatic heterocycles. The van der Waals surface area contributed by atoms with Crippen LogP contribution in [-0.2, 0) is 41.6 Å². The van der Waals surface area contributed by atoms with E-state index in [1.807, 2.05) is 51.1 Å². The molecule has 0 spiro atoms. The van der Waals surface area contributed by atoms with E-state index in [4.69, 9.17) is 0 Å². The predicted octanol–water partition coefficient (Wildman–Crippen LogP) is 5.54. The molecule has 4 aromatic carbocycles. The predicted molar refractivity (Wildman–Crippen MR) is 308 cm³/mol. The van der Waals surface area contributed by atoms with E-state index in [0.29, 0.717) is 34.5 Å². The van der Waals surface area contributed by atoms with Crippen molar-refractivity contribution in [1.82, 2.24) is 47.0 Å². The van der Waals surface area contributed by atoms with Crippen molar-refractivity contribution in [2.75, 3.05) is 26.8 Å². The molecule has 2 fully saturated rings. The van der Waals surface area contributed by atoms with Gasteiger partial charge in [-0.1, -0.05) is 106 Å². The lowest BCUT2D eigenvalue weighted by Crippen LogP contribution is -2.59. The van der Waals surface area contributed by atoms with Crippen molar-refractivity contribution < 1.29 is 33.6 Å². The monoisotopic (exact) mass is 1090 g/mol. The van der Waals surface area contributed by atoms with Gasteiger partial charge in [0.1, 0.15) is 24.2 Å². The minimum atomic E-state index is -2.02. The smallest absolute Gasteiger partial charge is 0.251 e. The normalized spacial score (nSPS) is 21.8. The highest BCUT2D eigenvalue weighted by Gasteiger charge is 2.48. The van der Waals surface area contributed by atoms with Crippen LogP contribution in [0, 0.1) is 17.3 Å². The highest BCUT2D eigenvalue weighted by atomic mass is 28.3. The average molecular weight is 1090 g/mol. The molecule has 9 unspecified atom stereocenters.